The van der Waals surface area contributed by atoms with Crippen molar-refractivity contribution in [3.05, 3.63) is 35.3 Å². The summed E-state index contributed by atoms with van der Waals surface area (Å²) in [4.78, 5) is 4.28. The van der Waals surface area contributed by atoms with Gasteiger partial charge in [0, 0.05) is 25.4 Å². The smallest absolute Gasteiger partial charge is 0.223 e. The van der Waals surface area contributed by atoms with Crippen molar-refractivity contribution in [3.8, 4) is 11.6 Å². The summed E-state index contributed by atoms with van der Waals surface area (Å²) in [5.41, 5.74) is 2.90. The molecule has 0 aliphatic carbocycles. The Morgan fingerprint density at radius 2 is 2.17 bits per heavy atom. The van der Waals surface area contributed by atoms with Gasteiger partial charge in [0.25, 0.3) is 0 Å². The van der Waals surface area contributed by atoms with E-state index in [9.17, 15) is 0 Å². The molecule has 0 bridgehead atoms. The van der Waals surface area contributed by atoms with E-state index in [4.69, 9.17) is 4.74 Å². The van der Waals surface area contributed by atoms with Crippen molar-refractivity contribution >= 4 is 0 Å². The predicted molar refractivity (Wildman–Crippen MR) is 69.8 cm³/mol. The van der Waals surface area contributed by atoms with Gasteiger partial charge < -0.3 is 10.1 Å². The van der Waals surface area contributed by atoms with E-state index in [0.717, 1.165) is 29.2 Å². The summed E-state index contributed by atoms with van der Waals surface area (Å²) >= 11 is 0. The molecule has 0 spiro atoms. The molecule has 18 heavy (non-hydrogen) atoms. The maximum atomic E-state index is 5.91. The van der Waals surface area contributed by atoms with Crippen molar-refractivity contribution in [2.24, 2.45) is 7.05 Å². The van der Waals surface area contributed by atoms with Gasteiger partial charge in [-0.2, -0.15) is 5.10 Å². The van der Waals surface area contributed by atoms with Crippen LogP contribution in [0.5, 0.6) is 11.6 Å². The van der Waals surface area contributed by atoms with Crippen molar-refractivity contribution in [1.82, 2.24) is 20.1 Å². The molecule has 2 heterocycles. The summed E-state index contributed by atoms with van der Waals surface area (Å²) in [6, 6.07) is 3.91. The van der Waals surface area contributed by atoms with Crippen LogP contribution in [0, 0.1) is 13.8 Å². The summed E-state index contributed by atoms with van der Waals surface area (Å²) < 4.78 is 7.72. The first kappa shape index (κ1) is 12.6. The van der Waals surface area contributed by atoms with E-state index in [1.165, 1.54) is 0 Å². The van der Waals surface area contributed by atoms with E-state index < -0.39 is 0 Å². The topological polar surface area (TPSA) is 52.0 Å². The molecule has 0 unspecified atom stereocenters. The maximum absolute atomic E-state index is 5.91. The second-order valence-electron chi connectivity index (χ2n) is 4.22. The van der Waals surface area contributed by atoms with E-state index in [1.54, 1.807) is 6.20 Å². The van der Waals surface area contributed by atoms with E-state index in [0.29, 0.717) is 5.88 Å². The molecule has 0 fully saturated rings. The van der Waals surface area contributed by atoms with E-state index >= 15 is 0 Å². The second kappa shape index (κ2) is 5.18. The van der Waals surface area contributed by atoms with Crippen molar-refractivity contribution in [1.29, 1.82) is 0 Å². The molecule has 5 heteroatoms. The Balaban J connectivity index is 2.34. The Hall–Kier alpha value is -1.88. The van der Waals surface area contributed by atoms with Crippen molar-refractivity contribution in [2.75, 3.05) is 7.05 Å². The Kier molecular flexibility index (Phi) is 3.62. The number of pyridine rings is 1. The molecule has 0 aliphatic rings. The molecule has 0 saturated carbocycles. The molecule has 0 radical (unpaired) electrons. The highest BCUT2D eigenvalue weighted by Gasteiger charge is 2.14. The zero-order chi connectivity index (χ0) is 13.1. The Morgan fingerprint density at radius 1 is 1.39 bits per heavy atom. The SMILES string of the molecule is CNCc1cccnc1Oc1c(C)nn(C)c1C. The minimum absolute atomic E-state index is 0.631. The van der Waals surface area contributed by atoms with Crippen LogP contribution < -0.4 is 10.1 Å². The summed E-state index contributed by atoms with van der Waals surface area (Å²) in [7, 11) is 3.81. The lowest BCUT2D eigenvalue weighted by molar-refractivity contribution is 0.447. The predicted octanol–water partition coefficient (Wildman–Crippen LogP) is 1.94. The highest BCUT2D eigenvalue weighted by molar-refractivity contribution is 5.37. The van der Waals surface area contributed by atoms with Crippen LogP contribution >= 0.6 is 0 Å². The fraction of sp³-hybridized carbons (Fsp3) is 0.385. The Morgan fingerprint density at radius 3 is 2.78 bits per heavy atom. The third-order valence-electron chi connectivity index (χ3n) is 2.86. The van der Waals surface area contributed by atoms with Crippen molar-refractivity contribution in [2.45, 2.75) is 20.4 Å². The number of aromatic nitrogens is 3. The molecule has 2 aromatic rings. The fourth-order valence-electron chi connectivity index (χ4n) is 1.84. The summed E-state index contributed by atoms with van der Waals surface area (Å²) in [5, 5.41) is 7.43. The van der Waals surface area contributed by atoms with Crippen molar-refractivity contribution in [3.63, 3.8) is 0 Å². The van der Waals surface area contributed by atoms with Crippen LogP contribution in [0.4, 0.5) is 0 Å². The summed E-state index contributed by atoms with van der Waals surface area (Å²) in [6.45, 7) is 4.64. The lowest BCUT2D eigenvalue weighted by Crippen LogP contribution is -2.07. The number of rotatable bonds is 4. The third kappa shape index (κ3) is 2.36. The van der Waals surface area contributed by atoms with Crippen LogP contribution in [-0.2, 0) is 13.6 Å². The maximum Gasteiger partial charge on any atom is 0.223 e. The number of aryl methyl sites for hydroxylation is 2. The number of nitrogens with one attached hydrogen (secondary N) is 1. The first-order valence-corrected chi connectivity index (χ1v) is 5.90. The lowest BCUT2D eigenvalue weighted by Gasteiger charge is -2.09. The van der Waals surface area contributed by atoms with E-state index in [-0.39, 0.29) is 0 Å². The molecule has 0 aliphatic heterocycles. The molecule has 2 aromatic heterocycles. The number of nitrogens with zero attached hydrogens (tertiary/aromatic N) is 3. The molecule has 96 valence electrons. The second-order valence-corrected chi connectivity index (χ2v) is 4.22. The zero-order valence-corrected chi connectivity index (χ0v) is 11.2. The van der Waals surface area contributed by atoms with Gasteiger partial charge in [0.05, 0.1) is 5.69 Å². The Bertz CT molecular complexity index is 548. The molecule has 2 rings (SSSR count). The van der Waals surface area contributed by atoms with Crippen LogP contribution in [0.2, 0.25) is 0 Å². The molecule has 0 aromatic carbocycles. The summed E-state index contributed by atoms with van der Waals surface area (Å²) in [5.74, 6) is 1.42. The largest absolute Gasteiger partial charge is 0.435 e. The van der Waals surface area contributed by atoms with Gasteiger partial charge in [-0.1, -0.05) is 6.07 Å². The normalized spacial score (nSPS) is 10.7. The minimum Gasteiger partial charge on any atom is -0.435 e. The molecular formula is C13H18N4O. The van der Waals surface area contributed by atoms with Gasteiger partial charge >= 0.3 is 0 Å². The molecule has 1 N–H and O–H groups in total. The first-order valence-electron chi connectivity index (χ1n) is 5.90. The third-order valence-corrected chi connectivity index (χ3v) is 2.86. The minimum atomic E-state index is 0.631. The van der Waals surface area contributed by atoms with Crippen LogP contribution in [0.15, 0.2) is 18.3 Å². The van der Waals surface area contributed by atoms with Gasteiger partial charge in [-0.15, -0.1) is 0 Å². The molecular weight excluding hydrogens is 228 g/mol. The van der Waals surface area contributed by atoms with Gasteiger partial charge in [-0.05, 0) is 27.0 Å². The first-order chi connectivity index (χ1) is 8.63. The van der Waals surface area contributed by atoms with Gasteiger partial charge in [-0.3, -0.25) is 4.68 Å². The average molecular weight is 246 g/mol. The quantitative estimate of drug-likeness (QED) is 0.895. The van der Waals surface area contributed by atoms with Crippen LogP contribution in [0.25, 0.3) is 0 Å². The number of hydrogen-bond acceptors (Lipinski definition) is 4. The number of hydrogen-bond donors (Lipinski definition) is 1. The van der Waals surface area contributed by atoms with E-state index in [1.807, 2.05) is 44.8 Å². The lowest BCUT2D eigenvalue weighted by atomic mass is 10.2. The van der Waals surface area contributed by atoms with Crippen LogP contribution in [-0.4, -0.2) is 21.8 Å². The molecule has 0 atom stereocenters. The summed E-state index contributed by atoms with van der Waals surface area (Å²) in [6.07, 6.45) is 1.73. The molecule has 0 saturated heterocycles. The molecule has 5 nitrogen and oxygen atoms in total. The Labute approximate surface area is 107 Å². The molecule has 0 amide bonds. The van der Waals surface area contributed by atoms with Gasteiger partial charge in [0.15, 0.2) is 5.75 Å². The number of ether oxygens (including phenoxy) is 1. The highest BCUT2D eigenvalue weighted by atomic mass is 16.5. The standard InChI is InChI=1S/C13H18N4O/c1-9-12(10(2)17(4)16-9)18-13-11(8-14-3)6-5-7-15-13/h5-7,14H,8H2,1-4H3. The fourth-order valence-corrected chi connectivity index (χ4v) is 1.84. The van der Waals surface area contributed by atoms with Crippen LogP contribution in [0.3, 0.4) is 0 Å². The van der Waals surface area contributed by atoms with E-state index in [2.05, 4.69) is 15.4 Å². The van der Waals surface area contributed by atoms with Crippen molar-refractivity contribution < 1.29 is 4.74 Å². The van der Waals surface area contributed by atoms with Crippen LogP contribution in [0.1, 0.15) is 17.0 Å². The average Bonchev–Trinajstić information content (AvgIpc) is 2.59. The van der Waals surface area contributed by atoms with Gasteiger partial charge in [0.1, 0.15) is 5.69 Å². The van der Waals surface area contributed by atoms with Gasteiger partial charge in [-0.25, -0.2) is 4.98 Å². The van der Waals surface area contributed by atoms with Gasteiger partial charge in [0.2, 0.25) is 5.88 Å². The monoisotopic (exact) mass is 246 g/mol. The highest BCUT2D eigenvalue weighted by Crippen LogP contribution is 2.28. The zero-order valence-electron chi connectivity index (χ0n) is 11.2.